The van der Waals surface area contributed by atoms with Crippen LogP contribution < -0.4 is 5.32 Å². The van der Waals surface area contributed by atoms with Crippen molar-refractivity contribution >= 4 is 11.6 Å². The van der Waals surface area contributed by atoms with Crippen molar-refractivity contribution in [3.05, 3.63) is 34.9 Å². The van der Waals surface area contributed by atoms with E-state index in [0.717, 1.165) is 17.0 Å². The van der Waals surface area contributed by atoms with Crippen molar-refractivity contribution in [3.63, 3.8) is 0 Å². The van der Waals surface area contributed by atoms with Gasteiger partial charge in [-0.1, -0.05) is 29.8 Å². The van der Waals surface area contributed by atoms with Gasteiger partial charge in [-0.3, -0.25) is 0 Å². The molecule has 1 aromatic rings. The smallest absolute Gasteiger partial charge is 0.0440 e. The monoisotopic (exact) mass is 235 g/mol. The van der Waals surface area contributed by atoms with Crippen LogP contribution in [0.3, 0.4) is 0 Å². The van der Waals surface area contributed by atoms with Crippen LogP contribution in [0, 0.1) is 5.92 Å². The number of hydrogen-bond acceptors (Lipinski definition) is 1. The van der Waals surface area contributed by atoms with Crippen molar-refractivity contribution in [2.75, 3.05) is 6.54 Å². The third-order valence-electron chi connectivity index (χ3n) is 3.97. The molecule has 2 heteroatoms. The molecule has 0 aliphatic heterocycles. The summed E-state index contributed by atoms with van der Waals surface area (Å²) in [5.74, 6) is 1.50. The van der Waals surface area contributed by atoms with Gasteiger partial charge >= 0.3 is 0 Å². The number of halogens is 1. The lowest BCUT2D eigenvalue weighted by Gasteiger charge is -2.37. The van der Waals surface area contributed by atoms with Gasteiger partial charge in [-0.15, -0.1) is 0 Å². The summed E-state index contributed by atoms with van der Waals surface area (Å²) in [5, 5.41) is 4.58. The Balaban J connectivity index is 1.63. The molecule has 2 aliphatic rings. The molecular formula is C14H18ClN. The van der Waals surface area contributed by atoms with Crippen molar-refractivity contribution in [2.45, 2.75) is 37.6 Å². The summed E-state index contributed by atoms with van der Waals surface area (Å²) in [7, 11) is 0. The van der Waals surface area contributed by atoms with Crippen LogP contribution in [0.25, 0.3) is 0 Å². The van der Waals surface area contributed by atoms with Gasteiger partial charge in [0, 0.05) is 11.1 Å². The minimum Gasteiger partial charge on any atom is -0.314 e. The maximum absolute atomic E-state index is 6.25. The van der Waals surface area contributed by atoms with E-state index < -0.39 is 0 Å². The normalized spacial score (nSPS) is 28.8. The van der Waals surface area contributed by atoms with Crippen LogP contribution in [-0.2, 0) is 0 Å². The molecule has 1 N–H and O–H groups in total. The van der Waals surface area contributed by atoms with E-state index in [1.807, 2.05) is 12.1 Å². The zero-order valence-electron chi connectivity index (χ0n) is 9.45. The molecule has 0 amide bonds. The highest BCUT2D eigenvalue weighted by Gasteiger charge is 2.34. The van der Waals surface area contributed by atoms with Gasteiger partial charge in [0.2, 0.25) is 0 Å². The van der Waals surface area contributed by atoms with Crippen LogP contribution in [0.4, 0.5) is 0 Å². The number of benzene rings is 1. The van der Waals surface area contributed by atoms with Crippen molar-refractivity contribution in [3.8, 4) is 0 Å². The van der Waals surface area contributed by atoms with E-state index in [2.05, 4.69) is 17.4 Å². The molecule has 86 valence electrons. The fourth-order valence-electron chi connectivity index (χ4n) is 2.60. The summed E-state index contributed by atoms with van der Waals surface area (Å²) >= 11 is 6.25. The van der Waals surface area contributed by atoms with Crippen LogP contribution in [-0.4, -0.2) is 12.6 Å². The van der Waals surface area contributed by atoms with Crippen LogP contribution >= 0.6 is 11.6 Å². The average Bonchev–Trinajstić information content (AvgIpc) is 3.04. The topological polar surface area (TPSA) is 12.0 Å². The van der Waals surface area contributed by atoms with E-state index >= 15 is 0 Å². The van der Waals surface area contributed by atoms with E-state index in [4.69, 9.17) is 11.6 Å². The molecule has 0 heterocycles. The lowest BCUT2D eigenvalue weighted by Crippen LogP contribution is -2.34. The lowest BCUT2D eigenvalue weighted by molar-refractivity contribution is 0.245. The zero-order chi connectivity index (χ0) is 11.0. The first-order valence-electron chi connectivity index (χ1n) is 6.32. The van der Waals surface area contributed by atoms with Gasteiger partial charge in [-0.25, -0.2) is 0 Å². The molecule has 3 rings (SSSR count). The predicted molar refractivity (Wildman–Crippen MR) is 67.9 cm³/mol. The van der Waals surface area contributed by atoms with Crippen LogP contribution in [0.5, 0.6) is 0 Å². The first kappa shape index (κ1) is 10.6. The molecule has 0 radical (unpaired) electrons. The summed E-state index contributed by atoms with van der Waals surface area (Å²) in [6, 6.07) is 9.15. The molecule has 0 aromatic heterocycles. The van der Waals surface area contributed by atoms with Crippen molar-refractivity contribution in [1.29, 1.82) is 0 Å². The Morgan fingerprint density at radius 3 is 2.56 bits per heavy atom. The Morgan fingerprint density at radius 2 is 1.94 bits per heavy atom. The second kappa shape index (κ2) is 4.38. The van der Waals surface area contributed by atoms with Gasteiger partial charge in [0.25, 0.3) is 0 Å². The molecule has 0 saturated heterocycles. The largest absolute Gasteiger partial charge is 0.314 e. The number of hydrogen-bond donors (Lipinski definition) is 1. The summed E-state index contributed by atoms with van der Waals surface area (Å²) in [5.41, 5.74) is 1.36. The van der Waals surface area contributed by atoms with E-state index in [9.17, 15) is 0 Å². The molecule has 2 atom stereocenters. The molecule has 0 bridgehead atoms. The minimum atomic E-state index is 0.694. The van der Waals surface area contributed by atoms with Crippen LogP contribution in [0.1, 0.15) is 37.2 Å². The molecule has 1 aromatic carbocycles. The Labute approximate surface area is 102 Å². The average molecular weight is 236 g/mol. The van der Waals surface area contributed by atoms with E-state index in [-0.39, 0.29) is 0 Å². The fraction of sp³-hybridized carbons (Fsp3) is 0.571. The number of nitrogens with one attached hydrogen (secondary N) is 1. The van der Waals surface area contributed by atoms with Gasteiger partial charge in [0.15, 0.2) is 0 Å². The van der Waals surface area contributed by atoms with Gasteiger partial charge in [-0.2, -0.15) is 0 Å². The summed E-state index contributed by atoms with van der Waals surface area (Å²) in [4.78, 5) is 0. The molecule has 2 saturated carbocycles. The maximum atomic E-state index is 6.25. The molecule has 2 aliphatic carbocycles. The highest BCUT2D eigenvalue weighted by molar-refractivity contribution is 6.31. The first-order chi connectivity index (χ1) is 7.84. The van der Waals surface area contributed by atoms with Crippen molar-refractivity contribution in [2.24, 2.45) is 5.92 Å². The number of rotatable bonds is 4. The summed E-state index contributed by atoms with van der Waals surface area (Å²) in [6.45, 7) is 1.18. The third-order valence-corrected chi connectivity index (χ3v) is 4.31. The van der Waals surface area contributed by atoms with Gasteiger partial charge in [0.05, 0.1) is 0 Å². The Hall–Kier alpha value is -0.530. The van der Waals surface area contributed by atoms with Crippen LogP contribution in [0.15, 0.2) is 24.3 Å². The molecule has 0 spiro atoms. The Bertz CT molecular complexity index is 373. The van der Waals surface area contributed by atoms with Crippen molar-refractivity contribution < 1.29 is 0 Å². The van der Waals surface area contributed by atoms with E-state index in [0.29, 0.717) is 5.92 Å². The van der Waals surface area contributed by atoms with Gasteiger partial charge in [-0.05, 0) is 55.7 Å². The van der Waals surface area contributed by atoms with Gasteiger partial charge < -0.3 is 5.32 Å². The van der Waals surface area contributed by atoms with Crippen LogP contribution in [0.2, 0.25) is 5.02 Å². The molecule has 2 fully saturated rings. The van der Waals surface area contributed by atoms with E-state index in [1.165, 1.54) is 37.8 Å². The maximum Gasteiger partial charge on any atom is 0.0440 e. The molecule has 2 unspecified atom stereocenters. The van der Waals surface area contributed by atoms with E-state index in [1.54, 1.807) is 0 Å². The summed E-state index contributed by atoms with van der Waals surface area (Å²) < 4.78 is 0. The second-order valence-electron chi connectivity index (χ2n) is 5.15. The quantitative estimate of drug-likeness (QED) is 0.841. The minimum absolute atomic E-state index is 0.694. The zero-order valence-corrected chi connectivity index (χ0v) is 10.2. The fourth-order valence-corrected chi connectivity index (χ4v) is 2.88. The SMILES string of the molecule is Clc1ccccc1C1CCC1CNC1CC1. The van der Waals surface area contributed by atoms with Crippen molar-refractivity contribution in [1.82, 2.24) is 5.32 Å². The molecular weight excluding hydrogens is 218 g/mol. The molecule has 1 nitrogen and oxygen atoms in total. The highest BCUT2D eigenvalue weighted by atomic mass is 35.5. The first-order valence-corrected chi connectivity index (χ1v) is 6.70. The van der Waals surface area contributed by atoms with Gasteiger partial charge in [0.1, 0.15) is 0 Å². The third kappa shape index (κ3) is 2.11. The standard InChI is InChI=1S/C14H18ClN/c15-14-4-2-1-3-13(14)12-8-5-10(12)9-16-11-6-7-11/h1-4,10-12,16H,5-9H2. The Morgan fingerprint density at radius 1 is 1.12 bits per heavy atom. The second-order valence-corrected chi connectivity index (χ2v) is 5.56. The lowest BCUT2D eigenvalue weighted by atomic mass is 9.70. The Kier molecular flexibility index (Phi) is 2.91. The summed E-state index contributed by atoms with van der Waals surface area (Å²) in [6.07, 6.45) is 5.42. The predicted octanol–water partition coefficient (Wildman–Crippen LogP) is 3.59. The molecule has 16 heavy (non-hydrogen) atoms. The highest BCUT2D eigenvalue weighted by Crippen LogP contribution is 2.44.